The topological polar surface area (TPSA) is 35.0 Å². The zero-order valence-electron chi connectivity index (χ0n) is 12.3. The highest BCUT2D eigenvalue weighted by atomic mass is 33.1. The summed E-state index contributed by atoms with van der Waals surface area (Å²) in [7, 11) is 3.08. The highest BCUT2D eigenvalue weighted by Gasteiger charge is 2.30. The number of hydrogen-bond donors (Lipinski definition) is 0. The SMILES string of the molecule is CSSCc1nc2cc(C(F)(F)F)ccc2nc1OC(C)C. The van der Waals surface area contributed by atoms with Crippen LogP contribution in [0.5, 0.6) is 5.88 Å². The van der Waals surface area contributed by atoms with E-state index in [2.05, 4.69) is 9.97 Å². The van der Waals surface area contributed by atoms with Crippen molar-refractivity contribution in [2.24, 2.45) is 0 Å². The van der Waals surface area contributed by atoms with Crippen molar-refractivity contribution in [2.45, 2.75) is 31.9 Å². The Morgan fingerprint density at radius 3 is 2.50 bits per heavy atom. The van der Waals surface area contributed by atoms with Gasteiger partial charge in [-0.1, -0.05) is 21.6 Å². The molecule has 0 aliphatic carbocycles. The molecule has 1 aromatic carbocycles. The van der Waals surface area contributed by atoms with Gasteiger partial charge in [-0.15, -0.1) is 0 Å². The lowest BCUT2D eigenvalue weighted by molar-refractivity contribution is -0.137. The van der Waals surface area contributed by atoms with Crippen LogP contribution in [0.3, 0.4) is 0 Å². The Bertz CT molecular complexity index is 662. The van der Waals surface area contributed by atoms with Crippen LogP contribution < -0.4 is 4.74 Å². The van der Waals surface area contributed by atoms with Crippen molar-refractivity contribution in [2.75, 3.05) is 6.26 Å². The third-order valence-electron chi connectivity index (χ3n) is 2.69. The van der Waals surface area contributed by atoms with Crippen molar-refractivity contribution < 1.29 is 17.9 Å². The number of ether oxygens (including phenoxy) is 1. The number of halogens is 3. The average Bonchev–Trinajstić information content (AvgIpc) is 2.42. The van der Waals surface area contributed by atoms with E-state index in [4.69, 9.17) is 4.74 Å². The summed E-state index contributed by atoms with van der Waals surface area (Å²) in [5.74, 6) is 0.895. The fraction of sp³-hybridized carbons (Fsp3) is 0.429. The lowest BCUT2D eigenvalue weighted by Gasteiger charge is -2.14. The van der Waals surface area contributed by atoms with Gasteiger partial charge in [-0.05, 0) is 38.3 Å². The second-order valence-corrected chi connectivity index (χ2v) is 7.34. The molecule has 0 aliphatic heterocycles. The van der Waals surface area contributed by atoms with Crippen LogP contribution in [0.4, 0.5) is 13.2 Å². The van der Waals surface area contributed by atoms with E-state index >= 15 is 0 Å². The molecule has 2 rings (SSSR count). The molecular weight excluding hydrogens is 333 g/mol. The summed E-state index contributed by atoms with van der Waals surface area (Å²) < 4.78 is 44.0. The third kappa shape index (κ3) is 4.19. The van der Waals surface area contributed by atoms with Crippen molar-refractivity contribution in [3.63, 3.8) is 0 Å². The third-order valence-corrected chi connectivity index (χ3v) is 4.38. The monoisotopic (exact) mass is 348 g/mol. The molecule has 0 fully saturated rings. The summed E-state index contributed by atoms with van der Waals surface area (Å²) in [6, 6.07) is 3.35. The van der Waals surface area contributed by atoms with Gasteiger partial charge in [-0.25, -0.2) is 9.97 Å². The number of benzene rings is 1. The zero-order valence-corrected chi connectivity index (χ0v) is 13.9. The molecule has 8 heteroatoms. The molecule has 22 heavy (non-hydrogen) atoms. The van der Waals surface area contributed by atoms with Crippen LogP contribution in [-0.2, 0) is 11.9 Å². The van der Waals surface area contributed by atoms with Gasteiger partial charge in [0, 0.05) is 0 Å². The molecule has 120 valence electrons. The largest absolute Gasteiger partial charge is 0.474 e. The van der Waals surface area contributed by atoms with Gasteiger partial charge in [0.25, 0.3) is 0 Å². The van der Waals surface area contributed by atoms with Gasteiger partial charge in [0.2, 0.25) is 5.88 Å². The van der Waals surface area contributed by atoms with Gasteiger partial charge in [-0.3, -0.25) is 0 Å². The maximum absolute atomic E-state index is 12.8. The molecule has 0 spiro atoms. The summed E-state index contributed by atoms with van der Waals surface area (Å²) >= 11 is 0. The summed E-state index contributed by atoms with van der Waals surface area (Å²) in [5.41, 5.74) is 0.444. The zero-order chi connectivity index (χ0) is 16.3. The summed E-state index contributed by atoms with van der Waals surface area (Å²) in [6.07, 6.45) is -2.56. The number of hydrogen-bond acceptors (Lipinski definition) is 5. The van der Waals surface area contributed by atoms with Crippen molar-refractivity contribution in [3.8, 4) is 5.88 Å². The van der Waals surface area contributed by atoms with Crippen molar-refractivity contribution in [1.29, 1.82) is 0 Å². The molecule has 1 aromatic heterocycles. The van der Waals surface area contributed by atoms with Crippen LogP contribution in [0, 0.1) is 0 Å². The van der Waals surface area contributed by atoms with Crippen molar-refractivity contribution >= 4 is 32.6 Å². The fourth-order valence-electron chi connectivity index (χ4n) is 1.78. The Labute approximate surface area is 134 Å². The van der Waals surface area contributed by atoms with Crippen molar-refractivity contribution in [3.05, 3.63) is 29.5 Å². The number of rotatable bonds is 5. The second kappa shape index (κ2) is 6.95. The minimum atomic E-state index is -4.39. The summed E-state index contributed by atoms with van der Waals surface area (Å²) in [4.78, 5) is 8.63. The first-order valence-corrected chi connectivity index (χ1v) is 9.24. The number of alkyl halides is 3. The molecular formula is C14H15F3N2OS2. The van der Waals surface area contributed by atoms with E-state index in [9.17, 15) is 13.2 Å². The summed E-state index contributed by atoms with van der Waals surface area (Å²) in [5, 5.41) is 0. The fourth-order valence-corrected chi connectivity index (χ4v) is 2.88. The van der Waals surface area contributed by atoms with E-state index in [-0.39, 0.29) is 11.6 Å². The van der Waals surface area contributed by atoms with Crippen LogP contribution in [0.1, 0.15) is 25.1 Å². The number of aromatic nitrogens is 2. The van der Waals surface area contributed by atoms with Crippen LogP contribution in [0.25, 0.3) is 11.0 Å². The Morgan fingerprint density at radius 1 is 1.18 bits per heavy atom. The Hall–Kier alpha value is -1.15. The van der Waals surface area contributed by atoms with Gasteiger partial charge in [0.05, 0.1) is 28.5 Å². The van der Waals surface area contributed by atoms with E-state index in [1.54, 1.807) is 10.8 Å². The Kier molecular flexibility index (Phi) is 5.44. The van der Waals surface area contributed by atoms with E-state index in [1.165, 1.54) is 16.9 Å². The quantitative estimate of drug-likeness (QED) is 0.715. The summed E-state index contributed by atoms with van der Waals surface area (Å²) in [6.45, 7) is 3.73. The maximum atomic E-state index is 12.8. The number of fused-ring (bicyclic) bond motifs is 1. The predicted molar refractivity (Wildman–Crippen MR) is 85.1 cm³/mol. The normalized spacial score (nSPS) is 12.1. The van der Waals surface area contributed by atoms with Gasteiger partial charge in [0.1, 0.15) is 5.69 Å². The van der Waals surface area contributed by atoms with Gasteiger partial charge in [0.15, 0.2) is 0 Å². The molecule has 0 saturated carbocycles. The Balaban J connectivity index is 2.51. The van der Waals surface area contributed by atoms with E-state index < -0.39 is 11.7 Å². The van der Waals surface area contributed by atoms with Gasteiger partial charge >= 0.3 is 6.18 Å². The molecule has 2 aromatic rings. The van der Waals surface area contributed by atoms with Gasteiger partial charge < -0.3 is 4.74 Å². The predicted octanol–water partition coefficient (Wildman–Crippen LogP) is 4.95. The molecule has 0 saturated heterocycles. The molecule has 0 bridgehead atoms. The standard InChI is InChI=1S/C14H15F3N2OS2/c1-8(2)20-13-12(7-22-21-3)18-11-6-9(14(15,16)17)4-5-10(11)19-13/h4-6,8H,7H2,1-3H3. The maximum Gasteiger partial charge on any atom is 0.416 e. The number of nitrogens with zero attached hydrogens (tertiary/aromatic N) is 2. The molecule has 3 nitrogen and oxygen atoms in total. The molecule has 0 atom stereocenters. The first kappa shape index (κ1) is 17.2. The highest BCUT2D eigenvalue weighted by molar-refractivity contribution is 8.76. The molecule has 0 unspecified atom stereocenters. The molecule has 0 amide bonds. The van der Waals surface area contributed by atoms with Crippen LogP contribution in [0.2, 0.25) is 0 Å². The first-order chi connectivity index (χ1) is 10.3. The Morgan fingerprint density at radius 2 is 1.91 bits per heavy atom. The molecule has 1 heterocycles. The first-order valence-electron chi connectivity index (χ1n) is 6.51. The van der Waals surface area contributed by atoms with E-state index in [0.29, 0.717) is 22.8 Å². The molecule has 0 N–H and O–H groups in total. The highest BCUT2D eigenvalue weighted by Crippen LogP contribution is 2.33. The van der Waals surface area contributed by atoms with E-state index in [1.807, 2.05) is 20.1 Å². The molecule has 0 aliphatic rings. The van der Waals surface area contributed by atoms with Gasteiger partial charge in [-0.2, -0.15) is 13.2 Å². The lowest BCUT2D eigenvalue weighted by atomic mass is 10.2. The van der Waals surface area contributed by atoms with Crippen LogP contribution in [0.15, 0.2) is 18.2 Å². The minimum absolute atomic E-state index is 0.0840. The second-order valence-electron chi connectivity index (χ2n) is 4.77. The average molecular weight is 348 g/mol. The van der Waals surface area contributed by atoms with Crippen LogP contribution >= 0.6 is 21.6 Å². The van der Waals surface area contributed by atoms with Crippen molar-refractivity contribution in [1.82, 2.24) is 9.97 Å². The lowest BCUT2D eigenvalue weighted by Crippen LogP contribution is -2.10. The smallest absolute Gasteiger partial charge is 0.416 e. The molecule has 0 radical (unpaired) electrons. The van der Waals surface area contributed by atoms with Crippen LogP contribution in [-0.4, -0.2) is 22.3 Å². The minimum Gasteiger partial charge on any atom is -0.474 e. The van der Waals surface area contributed by atoms with E-state index in [0.717, 1.165) is 12.1 Å².